The Balaban J connectivity index is 0. The van der Waals surface area contributed by atoms with E-state index in [1.165, 1.54) is 6.92 Å². The first-order chi connectivity index (χ1) is 5.45. The minimum absolute atomic E-state index is 0. The minimum Gasteiger partial charge on any atom is -0.869 e. The molecule has 3 N–H and O–H groups in total. The molecule has 0 amide bonds. The van der Waals surface area contributed by atoms with E-state index in [4.69, 9.17) is 10.2 Å². The molecular weight excluding hydrogens is 209 g/mol. The summed E-state index contributed by atoms with van der Waals surface area (Å²) in [6.07, 6.45) is -1.26. The van der Waals surface area contributed by atoms with E-state index >= 15 is 0 Å². The Hall–Kier alpha value is 0.595. The number of carboxylic acid groups (broad SMARTS) is 1. The number of nitrogens with one attached hydrogen (secondary N) is 1. The van der Waals surface area contributed by atoms with Crippen LogP contribution in [0.3, 0.4) is 0 Å². The van der Waals surface area contributed by atoms with Gasteiger partial charge in [-0.3, -0.25) is 4.79 Å². The number of aliphatic hydroxyl groups excluding tert-OH is 1. The summed E-state index contributed by atoms with van der Waals surface area (Å²) in [5, 5.41) is 36.6. The molecule has 0 unspecified atom stereocenters. The van der Waals surface area contributed by atoms with E-state index < -0.39 is 25.4 Å². The zero-order valence-corrected chi connectivity index (χ0v) is 9.17. The number of hydrogen-bond acceptors (Lipinski definition) is 6. The second-order valence-electron chi connectivity index (χ2n) is 2.08. The van der Waals surface area contributed by atoms with Gasteiger partial charge in [0.15, 0.2) is 6.04 Å². The molecule has 0 aromatic heterocycles. The molecule has 7 nitrogen and oxygen atoms in total. The Morgan fingerprint density at radius 3 is 2.31 bits per heavy atom. The van der Waals surface area contributed by atoms with Crippen LogP contribution in [0, 0.1) is 0 Å². The molecule has 0 aromatic carbocycles. The Labute approximate surface area is 105 Å². The fourth-order valence-electron chi connectivity index (χ4n) is 0.484. The number of carbonyl (C=O) groups is 1. The molecule has 0 radical (unpaired) electrons. The van der Waals surface area contributed by atoms with Crippen LogP contribution in [0.15, 0.2) is 0 Å². The van der Waals surface area contributed by atoms with Gasteiger partial charge in [0.1, 0.15) is 0 Å². The van der Waals surface area contributed by atoms with Gasteiger partial charge in [0.25, 0.3) is 0 Å². The van der Waals surface area contributed by atoms with Crippen LogP contribution in [-0.4, -0.2) is 73.4 Å². The van der Waals surface area contributed by atoms with Crippen molar-refractivity contribution in [2.75, 3.05) is 0 Å². The van der Waals surface area contributed by atoms with Crippen molar-refractivity contribution in [3.63, 3.8) is 0 Å². The van der Waals surface area contributed by atoms with Gasteiger partial charge < -0.3 is 25.0 Å². The zero-order valence-electron chi connectivity index (χ0n) is 6.97. The molecule has 2 atom stereocenters. The van der Waals surface area contributed by atoms with Gasteiger partial charge in [-0.1, -0.05) is 0 Å². The summed E-state index contributed by atoms with van der Waals surface area (Å²) in [4.78, 5) is 10.2. The van der Waals surface area contributed by atoms with Crippen LogP contribution in [0.4, 0.5) is 0 Å². The van der Waals surface area contributed by atoms with Crippen LogP contribution < -0.4 is 15.5 Å². The number of aliphatic carboxylic acids is 1. The van der Waals surface area contributed by atoms with Crippen molar-refractivity contribution in [1.29, 1.82) is 0 Å². The maximum absolute atomic E-state index is 10.2. The van der Waals surface area contributed by atoms with Gasteiger partial charge in [-0.25, -0.2) is 5.48 Å². The normalized spacial score (nSPS) is 14.2. The minimum atomic E-state index is -2.62. The van der Waals surface area contributed by atoms with Crippen molar-refractivity contribution in [2.45, 2.75) is 19.1 Å². The van der Waals surface area contributed by atoms with Gasteiger partial charge in [0.2, 0.25) is 0 Å². The van der Waals surface area contributed by atoms with Gasteiger partial charge in [0, 0.05) is 0 Å². The number of rotatable bonds is 5. The topological polar surface area (TPSA) is 125 Å². The van der Waals surface area contributed by atoms with Gasteiger partial charge in [-0.15, -0.1) is 0 Å². The zero-order chi connectivity index (χ0) is 9.72. The van der Waals surface area contributed by atoms with Crippen molar-refractivity contribution in [1.82, 2.24) is 5.48 Å². The molecular formula is C4H8BCaNO6. The Kier molecular flexibility index (Phi) is 9.81. The summed E-state index contributed by atoms with van der Waals surface area (Å²) in [6.45, 7) is 1.18. The van der Waals surface area contributed by atoms with E-state index in [1.807, 2.05) is 0 Å². The van der Waals surface area contributed by atoms with Crippen LogP contribution in [0.1, 0.15) is 6.92 Å². The molecule has 0 spiro atoms. The summed E-state index contributed by atoms with van der Waals surface area (Å²) in [6, 6.07) is -1.48. The molecule has 0 bridgehead atoms. The maximum atomic E-state index is 10.2. The second kappa shape index (κ2) is 7.95. The van der Waals surface area contributed by atoms with Gasteiger partial charge >= 0.3 is 43.7 Å². The predicted octanol–water partition coefficient (Wildman–Crippen LogP) is -4.33. The molecule has 0 saturated heterocycles. The van der Waals surface area contributed by atoms with E-state index in [-0.39, 0.29) is 37.7 Å². The fraction of sp³-hybridized carbons (Fsp3) is 0.750. The summed E-state index contributed by atoms with van der Waals surface area (Å²) >= 11 is 0. The van der Waals surface area contributed by atoms with E-state index in [2.05, 4.69) is 4.76 Å². The van der Waals surface area contributed by atoms with Crippen LogP contribution in [0.25, 0.3) is 0 Å². The molecule has 13 heavy (non-hydrogen) atoms. The molecule has 0 aliphatic carbocycles. The summed E-state index contributed by atoms with van der Waals surface area (Å²) in [7, 11) is -2.62. The molecule has 0 rings (SSSR count). The first-order valence-electron chi connectivity index (χ1n) is 3.09. The molecule has 0 aromatic rings. The van der Waals surface area contributed by atoms with Crippen LogP contribution in [0.2, 0.25) is 0 Å². The van der Waals surface area contributed by atoms with Crippen LogP contribution >= 0.6 is 0 Å². The SMILES string of the molecule is C[C@@H](O)[C@H](NOB([O-])[O-])C(=O)O.[Ca+2]. The van der Waals surface area contributed by atoms with Crippen molar-refractivity contribution in [3.05, 3.63) is 0 Å². The number of hydrogen-bond donors (Lipinski definition) is 3. The first-order valence-corrected chi connectivity index (χ1v) is 3.09. The fourth-order valence-corrected chi connectivity index (χ4v) is 0.484. The quantitative estimate of drug-likeness (QED) is 0.314. The summed E-state index contributed by atoms with van der Waals surface area (Å²) in [5.41, 5.74) is 1.64. The van der Waals surface area contributed by atoms with E-state index in [0.29, 0.717) is 0 Å². The third-order valence-corrected chi connectivity index (χ3v) is 1.04. The van der Waals surface area contributed by atoms with Crippen molar-refractivity contribution >= 4 is 51.0 Å². The number of hydroxylamine groups is 1. The van der Waals surface area contributed by atoms with E-state index in [9.17, 15) is 14.8 Å². The Morgan fingerprint density at radius 1 is 1.62 bits per heavy atom. The van der Waals surface area contributed by atoms with Gasteiger partial charge in [0.05, 0.1) is 13.4 Å². The maximum Gasteiger partial charge on any atom is 2.00 e. The van der Waals surface area contributed by atoms with Crippen LogP contribution in [-0.2, 0) is 9.55 Å². The Bertz CT molecular complexity index is 156. The third-order valence-electron chi connectivity index (χ3n) is 1.04. The van der Waals surface area contributed by atoms with E-state index in [0.717, 1.165) is 0 Å². The van der Waals surface area contributed by atoms with Crippen molar-refractivity contribution < 1.29 is 29.8 Å². The van der Waals surface area contributed by atoms with E-state index in [1.54, 1.807) is 5.48 Å². The molecule has 70 valence electrons. The largest absolute Gasteiger partial charge is 2.00 e. The van der Waals surface area contributed by atoms with Crippen molar-refractivity contribution in [2.24, 2.45) is 0 Å². The average molecular weight is 217 g/mol. The summed E-state index contributed by atoms with van der Waals surface area (Å²) < 4.78 is 3.72. The van der Waals surface area contributed by atoms with Gasteiger partial charge in [-0.05, 0) is 6.92 Å². The molecule has 0 aliphatic heterocycles. The third kappa shape index (κ3) is 7.65. The monoisotopic (exact) mass is 217 g/mol. The van der Waals surface area contributed by atoms with Crippen molar-refractivity contribution in [3.8, 4) is 0 Å². The average Bonchev–Trinajstić information content (AvgIpc) is 1.84. The smallest absolute Gasteiger partial charge is 0.869 e. The number of aliphatic hydroxyl groups is 1. The Morgan fingerprint density at radius 2 is 2.08 bits per heavy atom. The molecule has 9 heteroatoms. The van der Waals surface area contributed by atoms with Gasteiger partial charge in [-0.2, -0.15) is 0 Å². The number of carboxylic acids is 1. The first kappa shape index (κ1) is 16.0. The standard InChI is InChI=1S/C4H8BNO6.Ca/c1-2(7)3(4(8)9)6-12-5(10)11;/h2-3,6-7H,1H3,(H,8,9);/q-2;+2/t2-,3+;/m1./s1. The molecule has 0 aliphatic rings. The molecule has 0 heterocycles. The predicted molar refractivity (Wildman–Crippen MR) is 38.8 cm³/mol. The molecule has 0 saturated carbocycles. The summed E-state index contributed by atoms with van der Waals surface area (Å²) in [5.74, 6) is -1.41. The second-order valence-corrected chi connectivity index (χ2v) is 2.08. The van der Waals surface area contributed by atoms with Crippen LogP contribution in [0.5, 0.6) is 0 Å². The molecule has 0 fully saturated rings.